The predicted molar refractivity (Wildman–Crippen MR) is 110 cm³/mol. The highest BCUT2D eigenvalue weighted by Crippen LogP contribution is 2.35. The number of fused-ring (bicyclic) bond motifs is 1. The summed E-state index contributed by atoms with van der Waals surface area (Å²) in [5, 5.41) is 4.66. The van der Waals surface area contributed by atoms with Crippen molar-refractivity contribution in [2.75, 3.05) is 14.2 Å². The number of hydrogen-bond acceptors (Lipinski definition) is 5. The summed E-state index contributed by atoms with van der Waals surface area (Å²) in [6.07, 6.45) is 0. The van der Waals surface area contributed by atoms with Crippen molar-refractivity contribution in [3.8, 4) is 22.8 Å². The van der Waals surface area contributed by atoms with Crippen molar-refractivity contribution in [2.45, 2.75) is 46.1 Å². The van der Waals surface area contributed by atoms with Crippen molar-refractivity contribution in [1.82, 2.24) is 19.2 Å². The molecule has 0 saturated heterocycles. The fourth-order valence-electron chi connectivity index (χ4n) is 3.09. The van der Waals surface area contributed by atoms with Gasteiger partial charge in [-0.3, -0.25) is 0 Å². The van der Waals surface area contributed by atoms with E-state index >= 15 is 0 Å². The second kappa shape index (κ2) is 7.13. The molecule has 150 valence electrons. The maximum absolute atomic E-state index is 13.3. The van der Waals surface area contributed by atoms with Gasteiger partial charge in [0.05, 0.1) is 31.1 Å². The summed E-state index contributed by atoms with van der Waals surface area (Å²) >= 11 is 6.42. The summed E-state index contributed by atoms with van der Waals surface area (Å²) in [7, 11) is 3.17. The van der Waals surface area contributed by atoms with Crippen LogP contribution in [0, 0.1) is 0 Å². The van der Waals surface area contributed by atoms with Crippen molar-refractivity contribution >= 4 is 17.2 Å². The van der Waals surface area contributed by atoms with Crippen LogP contribution in [0.15, 0.2) is 23.0 Å². The van der Waals surface area contributed by atoms with E-state index in [1.165, 1.54) is 9.08 Å². The Hall–Kier alpha value is -2.54. The van der Waals surface area contributed by atoms with Gasteiger partial charge >= 0.3 is 5.69 Å². The van der Waals surface area contributed by atoms with Crippen LogP contribution in [0.3, 0.4) is 0 Å². The Morgan fingerprint density at radius 2 is 1.64 bits per heavy atom. The third-order valence-electron chi connectivity index (χ3n) is 4.46. The van der Waals surface area contributed by atoms with Crippen LogP contribution in [-0.4, -0.2) is 33.4 Å². The fraction of sp³-hybridized carbons (Fsp3) is 0.450. The third kappa shape index (κ3) is 3.35. The maximum atomic E-state index is 13.3. The highest BCUT2D eigenvalue weighted by Gasteiger charge is 2.26. The summed E-state index contributed by atoms with van der Waals surface area (Å²) in [6, 6.07) is 5.47. The molecule has 0 unspecified atom stereocenters. The molecule has 2 heterocycles. The second-order valence-corrected chi connectivity index (χ2v) is 8.27. The zero-order valence-corrected chi connectivity index (χ0v) is 18.0. The van der Waals surface area contributed by atoms with E-state index in [0.29, 0.717) is 28.5 Å². The van der Waals surface area contributed by atoms with Crippen molar-refractivity contribution in [1.29, 1.82) is 0 Å². The minimum atomic E-state index is -0.506. The Balaban J connectivity index is 2.51. The number of methoxy groups -OCH3 is 2. The topological polar surface area (TPSA) is 70.7 Å². The molecular weight excluding hydrogens is 380 g/mol. The molecule has 8 heteroatoms. The molecule has 0 amide bonds. The number of benzene rings is 1. The Kier molecular flexibility index (Phi) is 5.14. The largest absolute Gasteiger partial charge is 0.497 e. The van der Waals surface area contributed by atoms with Crippen LogP contribution in [0.5, 0.6) is 11.5 Å². The number of hydrogen-bond donors (Lipinski definition) is 0. The van der Waals surface area contributed by atoms with Gasteiger partial charge < -0.3 is 9.47 Å². The lowest BCUT2D eigenvalue weighted by Gasteiger charge is -2.17. The number of ether oxygens (including phenoxy) is 2. The Morgan fingerprint density at radius 1 is 1.07 bits per heavy atom. The molecule has 0 atom stereocenters. The zero-order valence-electron chi connectivity index (χ0n) is 17.2. The van der Waals surface area contributed by atoms with E-state index in [1.807, 2.05) is 46.8 Å². The molecule has 0 bridgehead atoms. The van der Waals surface area contributed by atoms with Gasteiger partial charge in [0, 0.05) is 11.6 Å². The van der Waals surface area contributed by atoms with Crippen LogP contribution >= 0.6 is 11.6 Å². The summed E-state index contributed by atoms with van der Waals surface area (Å²) in [5.74, 6) is 1.26. The molecule has 2 aromatic heterocycles. The predicted octanol–water partition coefficient (Wildman–Crippen LogP) is 4.11. The van der Waals surface area contributed by atoms with Crippen LogP contribution in [0.1, 0.15) is 46.2 Å². The van der Waals surface area contributed by atoms with E-state index in [4.69, 9.17) is 21.1 Å². The van der Waals surface area contributed by atoms with E-state index in [-0.39, 0.29) is 16.8 Å². The van der Waals surface area contributed by atoms with Gasteiger partial charge in [-0.05, 0) is 38.8 Å². The molecule has 0 aliphatic carbocycles. The van der Waals surface area contributed by atoms with Gasteiger partial charge in [-0.1, -0.05) is 25.4 Å². The van der Waals surface area contributed by atoms with Gasteiger partial charge in [0.15, 0.2) is 10.8 Å². The van der Waals surface area contributed by atoms with Crippen molar-refractivity contribution < 1.29 is 9.47 Å². The summed E-state index contributed by atoms with van der Waals surface area (Å²) < 4.78 is 13.8. The Bertz CT molecular complexity index is 1070. The van der Waals surface area contributed by atoms with E-state index in [2.05, 4.69) is 10.1 Å². The lowest BCUT2D eigenvalue weighted by molar-refractivity contribution is 0.344. The van der Waals surface area contributed by atoms with Gasteiger partial charge in [-0.25, -0.2) is 18.9 Å². The number of halogens is 1. The van der Waals surface area contributed by atoms with Gasteiger partial charge in [-0.15, -0.1) is 5.10 Å². The maximum Gasteiger partial charge on any atom is 0.351 e. The Labute approximate surface area is 168 Å². The highest BCUT2D eigenvalue weighted by molar-refractivity contribution is 6.32. The Morgan fingerprint density at radius 3 is 2.11 bits per heavy atom. The van der Waals surface area contributed by atoms with E-state index in [1.54, 1.807) is 20.3 Å². The molecule has 0 aliphatic rings. The molecule has 0 spiro atoms. The van der Waals surface area contributed by atoms with Gasteiger partial charge in [0.2, 0.25) is 0 Å². The fourth-order valence-corrected chi connectivity index (χ4v) is 3.30. The van der Waals surface area contributed by atoms with Gasteiger partial charge in [-0.2, -0.15) is 0 Å². The molecular formula is C20H25ClN4O3. The second-order valence-electron chi connectivity index (χ2n) is 7.92. The van der Waals surface area contributed by atoms with Crippen LogP contribution in [0.4, 0.5) is 0 Å². The van der Waals surface area contributed by atoms with Crippen LogP contribution in [-0.2, 0) is 5.54 Å². The monoisotopic (exact) mass is 404 g/mol. The molecule has 0 aliphatic heterocycles. The summed E-state index contributed by atoms with van der Waals surface area (Å²) in [6.45, 7) is 9.76. The number of nitrogens with zero attached hydrogens (tertiary/aromatic N) is 4. The molecule has 3 rings (SSSR count). The van der Waals surface area contributed by atoms with Crippen molar-refractivity contribution in [3.05, 3.63) is 39.5 Å². The number of rotatable bonds is 4. The molecule has 3 aromatic rings. The molecule has 0 fully saturated rings. The van der Waals surface area contributed by atoms with Gasteiger partial charge in [0.25, 0.3) is 0 Å². The first-order chi connectivity index (χ1) is 13.1. The first-order valence-electron chi connectivity index (χ1n) is 9.03. The molecule has 0 radical (unpaired) electrons. The summed E-state index contributed by atoms with van der Waals surface area (Å²) in [5.41, 5.74) is 1.61. The van der Waals surface area contributed by atoms with E-state index < -0.39 is 5.54 Å². The van der Waals surface area contributed by atoms with Crippen LogP contribution in [0.2, 0.25) is 5.15 Å². The normalized spacial score (nSPS) is 12.0. The first-order valence-corrected chi connectivity index (χ1v) is 9.41. The van der Waals surface area contributed by atoms with Crippen molar-refractivity contribution in [2.24, 2.45) is 0 Å². The quantitative estimate of drug-likeness (QED) is 0.654. The lowest BCUT2D eigenvalue weighted by atomic mass is 10.0. The van der Waals surface area contributed by atoms with E-state index in [9.17, 15) is 4.79 Å². The summed E-state index contributed by atoms with van der Waals surface area (Å²) in [4.78, 5) is 17.9. The lowest BCUT2D eigenvalue weighted by Crippen LogP contribution is -2.34. The standard InChI is InChI=1S/C20H25ClN4O3/c1-11(2)15-16(12-8-13(27-6)10-14(9-12)28-7)24-18(17(21)22-15)23-25(19(24)26)20(3,4)5/h8-11H,1-7H3. The highest BCUT2D eigenvalue weighted by atomic mass is 35.5. The first kappa shape index (κ1) is 20.2. The smallest absolute Gasteiger partial charge is 0.351 e. The van der Waals surface area contributed by atoms with Crippen LogP contribution < -0.4 is 15.2 Å². The molecule has 0 saturated carbocycles. The van der Waals surface area contributed by atoms with E-state index in [0.717, 1.165) is 5.56 Å². The minimum Gasteiger partial charge on any atom is -0.497 e. The average Bonchev–Trinajstić information content (AvgIpc) is 2.99. The average molecular weight is 405 g/mol. The molecule has 7 nitrogen and oxygen atoms in total. The minimum absolute atomic E-state index is 0.0268. The SMILES string of the molecule is COc1cc(OC)cc(-c2c(C(C)C)nc(Cl)c3nn(C(C)(C)C)c(=O)n23)c1. The number of aromatic nitrogens is 4. The van der Waals surface area contributed by atoms with Crippen LogP contribution in [0.25, 0.3) is 16.9 Å². The molecule has 1 aromatic carbocycles. The van der Waals surface area contributed by atoms with Gasteiger partial charge in [0.1, 0.15) is 11.5 Å². The third-order valence-corrected chi connectivity index (χ3v) is 4.71. The molecule has 0 N–H and O–H groups in total. The molecule has 28 heavy (non-hydrogen) atoms. The van der Waals surface area contributed by atoms with Crippen molar-refractivity contribution in [3.63, 3.8) is 0 Å². The zero-order chi connectivity index (χ0) is 20.8.